The molecule has 0 aliphatic heterocycles. The highest BCUT2D eigenvalue weighted by atomic mass is 16.1. The predicted octanol–water partition coefficient (Wildman–Crippen LogP) is 5.74. The minimum absolute atomic E-state index is 0.0480. The number of rotatable bonds is 4. The predicted molar refractivity (Wildman–Crippen MR) is 112 cm³/mol. The van der Waals surface area contributed by atoms with Gasteiger partial charge in [0.25, 0.3) is 0 Å². The molecule has 0 unspecified atom stereocenters. The molecule has 0 aliphatic carbocycles. The molecule has 3 heteroatoms. The van der Waals surface area contributed by atoms with Crippen molar-refractivity contribution >= 4 is 33.3 Å². The van der Waals surface area contributed by atoms with Gasteiger partial charge >= 0.3 is 0 Å². The number of hydrogen-bond donors (Lipinski definition) is 1. The minimum Gasteiger partial charge on any atom is -0.341 e. The molecule has 1 aromatic heterocycles. The molecule has 0 saturated heterocycles. The quantitative estimate of drug-likeness (QED) is 0.368. The van der Waals surface area contributed by atoms with Crippen molar-refractivity contribution in [3.63, 3.8) is 0 Å². The highest BCUT2D eigenvalue weighted by molar-refractivity contribution is 6.16. The summed E-state index contributed by atoms with van der Waals surface area (Å²) in [7, 11) is 0. The minimum atomic E-state index is 0.0480. The van der Waals surface area contributed by atoms with Gasteiger partial charge < -0.3 is 9.98 Å². The highest BCUT2D eigenvalue weighted by Crippen LogP contribution is 2.31. The van der Waals surface area contributed by atoms with Gasteiger partial charge in [-0.1, -0.05) is 30.3 Å². The number of nitrogens with zero attached hydrogens (tertiary/aromatic N) is 1. The van der Waals surface area contributed by atoms with E-state index in [4.69, 9.17) is 5.41 Å². The summed E-state index contributed by atoms with van der Waals surface area (Å²) in [5.74, 6) is 0.0480. The molecule has 4 rings (SSSR count). The molecule has 134 valence electrons. The number of nitrogens with one attached hydrogen (secondary N) is 1. The van der Waals surface area contributed by atoms with Crippen LogP contribution in [-0.2, 0) is 6.54 Å². The fourth-order valence-electron chi connectivity index (χ4n) is 3.80. The zero-order valence-corrected chi connectivity index (χ0v) is 15.8. The Morgan fingerprint density at radius 1 is 0.926 bits per heavy atom. The van der Waals surface area contributed by atoms with Gasteiger partial charge in [-0.25, -0.2) is 0 Å². The van der Waals surface area contributed by atoms with Crippen molar-refractivity contribution in [2.45, 2.75) is 27.3 Å². The lowest BCUT2D eigenvalue weighted by atomic mass is 9.97. The number of aryl methyl sites for hydroxylation is 2. The van der Waals surface area contributed by atoms with Crippen molar-refractivity contribution < 1.29 is 4.79 Å². The first kappa shape index (κ1) is 17.2. The molecule has 0 saturated carbocycles. The molecule has 0 atom stereocenters. The average Bonchev–Trinajstić information content (AvgIpc) is 3.00. The van der Waals surface area contributed by atoms with Gasteiger partial charge in [-0.05, 0) is 62.2 Å². The van der Waals surface area contributed by atoms with E-state index in [1.807, 2.05) is 55.5 Å². The lowest BCUT2D eigenvalue weighted by Crippen LogP contribution is -2.03. The van der Waals surface area contributed by atoms with Crippen molar-refractivity contribution in [3.05, 3.63) is 82.9 Å². The van der Waals surface area contributed by atoms with E-state index in [1.165, 1.54) is 0 Å². The Labute approximate surface area is 158 Å². The summed E-state index contributed by atoms with van der Waals surface area (Å²) in [6.07, 6.45) is 0. The summed E-state index contributed by atoms with van der Waals surface area (Å²) in [6, 6.07) is 19.8. The third-order valence-electron chi connectivity index (χ3n) is 5.27. The van der Waals surface area contributed by atoms with Crippen LogP contribution in [0.15, 0.2) is 60.7 Å². The van der Waals surface area contributed by atoms with Crippen LogP contribution in [0, 0.1) is 12.3 Å². The van der Waals surface area contributed by atoms with Crippen molar-refractivity contribution in [1.29, 1.82) is 5.41 Å². The van der Waals surface area contributed by atoms with Gasteiger partial charge in [0.15, 0.2) is 5.78 Å². The van der Waals surface area contributed by atoms with Gasteiger partial charge in [-0.3, -0.25) is 4.79 Å². The number of carbonyl (C=O) groups excluding carboxylic acids is 1. The SMILES string of the molecule is CCn1c2ccc(C(C)=N)cc2c2cc(C(=O)c3ccccc3C)ccc21. The third kappa shape index (κ3) is 2.76. The number of carbonyl (C=O) groups is 1. The number of fused-ring (bicyclic) bond motifs is 3. The van der Waals surface area contributed by atoms with Crippen LogP contribution in [0.3, 0.4) is 0 Å². The van der Waals surface area contributed by atoms with Crippen LogP contribution >= 0.6 is 0 Å². The molecule has 0 spiro atoms. The molecule has 0 amide bonds. The normalized spacial score (nSPS) is 11.2. The summed E-state index contributed by atoms with van der Waals surface area (Å²) >= 11 is 0. The first-order valence-electron chi connectivity index (χ1n) is 9.23. The Morgan fingerprint density at radius 3 is 2.11 bits per heavy atom. The second-order valence-corrected chi connectivity index (χ2v) is 6.98. The number of hydrogen-bond acceptors (Lipinski definition) is 2. The van der Waals surface area contributed by atoms with Gasteiger partial charge in [-0.15, -0.1) is 0 Å². The Hall–Kier alpha value is -3.20. The monoisotopic (exact) mass is 354 g/mol. The van der Waals surface area contributed by atoms with Crippen LogP contribution in [0.1, 0.15) is 40.9 Å². The van der Waals surface area contributed by atoms with E-state index in [1.54, 1.807) is 6.92 Å². The summed E-state index contributed by atoms with van der Waals surface area (Å²) < 4.78 is 2.26. The lowest BCUT2D eigenvalue weighted by Gasteiger charge is -2.06. The summed E-state index contributed by atoms with van der Waals surface area (Å²) in [5, 5.41) is 10.1. The molecular formula is C24H22N2O. The smallest absolute Gasteiger partial charge is 0.193 e. The van der Waals surface area contributed by atoms with E-state index in [9.17, 15) is 4.79 Å². The largest absolute Gasteiger partial charge is 0.341 e. The van der Waals surface area contributed by atoms with E-state index >= 15 is 0 Å². The van der Waals surface area contributed by atoms with E-state index in [0.29, 0.717) is 11.3 Å². The van der Waals surface area contributed by atoms with E-state index in [2.05, 4.69) is 23.6 Å². The molecule has 1 heterocycles. The summed E-state index contributed by atoms with van der Waals surface area (Å²) in [4.78, 5) is 13.1. The van der Waals surface area contributed by atoms with Crippen molar-refractivity contribution in [3.8, 4) is 0 Å². The maximum absolute atomic E-state index is 13.1. The molecular weight excluding hydrogens is 332 g/mol. The van der Waals surface area contributed by atoms with Gasteiger partial charge in [0.1, 0.15) is 0 Å². The Bertz CT molecular complexity index is 1210. The van der Waals surface area contributed by atoms with E-state index < -0.39 is 0 Å². The van der Waals surface area contributed by atoms with Gasteiger partial charge in [-0.2, -0.15) is 0 Å². The lowest BCUT2D eigenvalue weighted by molar-refractivity contribution is 0.103. The fourth-order valence-corrected chi connectivity index (χ4v) is 3.80. The van der Waals surface area contributed by atoms with Crippen molar-refractivity contribution in [2.24, 2.45) is 0 Å². The molecule has 3 aromatic carbocycles. The molecule has 0 bridgehead atoms. The standard InChI is InChI=1S/C24H22N2O/c1-4-26-22-11-9-17(16(3)25)13-20(22)21-14-18(10-12-23(21)26)24(27)19-8-6-5-7-15(19)2/h5-14,25H,4H2,1-3H3. The van der Waals surface area contributed by atoms with Crippen LogP contribution < -0.4 is 0 Å². The Kier molecular flexibility index (Phi) is 4.15. The second kappa shape index (κ2) is 6.51. The fraction of sp³-hybridized carbons (Fsp3) is 0.167. The van der Waals surface area contributed by atoms with E-state index in [0.717, 1.165) is 45.0 Å². The Morgan fingerprint density at radius 2 is 1.52 bits per heavy atom. The highest BCUT2D eigenvalue weighted by Gasteiger charge is 2.16. The summed E-state index contributed by atoms with van der Waals surface area (Å²) in [6.45, 7) is 6.75. The third-order valence-corrected chi connectivity index (χ3v) is 5.27. The topological polar surface area (TPSA) is 45.9 Å². The molecule has 27 heavy (non-hydrogen) atoms. The number of ketones is 1. The first-order chi connectivity index (χ1) is 13.0. The molecule has 0 fully saturated rings. The van der Waals surface area contributed by atoms with Crippen LogP contribution in [0.5, 0.6) is 0 Å². The summed E-state index contributed by atoms with van der Waals surface area (Å²) in [5.41, 5.74) is 6.14. The van der Waals surface area contributed by atoms with Crippen LogP contribution in [0.25, 0.3) is 21.8 Å². The molecule has 3 nitrogen and oxygen atoms in total. The molecule has 1 N–H and O–H groups in total. The zero-order chi connectivity index (χ0) is 19.1. The zero-order valence-electron chi connectivity index (χ0n) is 15.8. The number of aromatic nitrogens is 1. The second-order valence-electron chi connectivity index (χ2n) is 6.98. The Balaban J connectivity index is 1.97. The molecule has 4 aromatic rings. The van der Waals surface area contributed by atoms with Crippen molar-refractivity contribution in [2.75, 3.05) is 0 Å². The van der Waals surface area contributed by atoms with Gasteiger partial charge in [0.05, 0.1) is 0 Å². The molecule has 0 aliphatic rings. The first-order valence-corrected chi connectivity index (χ1v) is 9.23. The van der Waals surface area contributed by atoms with E-state index in [-0.39, 0.29) is 5.78 Å². The number of benzene rings is 3. The molecule has 0 radical (unpaired) electrons. The maximum atomic E-state index is 13.1. The van der Waals surface area contributed by atoms with Crippen molar-refractivity contribution in [1.82, 2.24) is 4.57 Å². The van der Waals surface area contributed by atoms with Crippen LogP contribution in [0.2, 0.25) is 0 Å². The van der Waals surface area contributed by atoms with Gasteiger partial charge in [0, 0.05) is 45.2 Å². The van der Waals surface area contributed by atoms with Gasteiger partial charge in [0.2, 0.25) is 0 Å². The average molecular weight is 354 g/mol. The van der Waals surface area contributed by atoms with Crippen LogP contribution in [-0.4, -0.2) is 16.1 Å². The maximum Gasteiger partial charge on any atom is 0.193 e. The van der Waals surface area contributed by atoms with Crippen LogP contribution in [0.4, 0.5) is 0 Å².